The maximum Gasteiger partial charge on any atom is 0.160 e. The summed E-state index contributed by atoms with van der Waals surface area (Å²) in [4.78, 5) is 15.5. The molecule has 0 spiro atoms. The highest BCUT2D eigenvalue weighted by Crippen LogP contribution is 2.43. The Morgan fingerprint density at radius 2 is 0.735 bits per heavy atom. The molecular formula is C63H41N5. The molecule has 0 bridgehead atoms. The molecule has 0 aliphatic heterocycles. The number of pyridine rings is 1. The van der Waals surface area contributed by atoms with Gasteiger partial charge in [0.25, 0.3) is 0 Å². The molecule has 4 heterocycles. The zero-order valence-corrected chi connectivity index (χ0v) is 36.9. The zero-order chi connectivity index (χ0) is 45.0. The van der Waals surface area contributed by atoms with Gasteiger partial charge in [0.2, 0.25) is 0 Å². The maximum absolute atomic E-state index is 5.48. The summed E-state index contributed by atoms with van der Waals surface area (Å²) < 4.78 is 4.81. The van der Waals surface area contributed by atoms with E-state index in [1.54, 1.807) is 0 Å². The van der Waals surface area contributed by atoms with Gasteiger partial charge in [-0.25, -0.2) is 9.97 Å². The monoisotopic (exact) mass is 867 g/mol. The van der Waals surface area contributed by atoms with Crippen LogP contribution in [0.3, 0.4) is 0 Å². The van der Waals surface area contributed by atoms with Gasteiger partial charge in [0.1, 0.15) is 0 Å². The van der Waals surface area contributed by atoms with Crippen molar-refractivity contribution < 1.29 is 0 Å². The van der Waals surface area contributed by atoms with Crippen LogP contribution in [0.15, 0.2) is 249 Å². The van der Waals surface area contributed by atoms with Crippen LogP contribution in [0, 0.1) is 0 Å². The predicted octanol–water partition coefficient (Wildman–Crippen LogP) is 16.1. The molecule has 0 fully saturated rings. The van der Waals surface area contributed by atoms with Crippen molar-refractivity contribution >= 4 is 43.6 Å². The predicted molar refractivity (Wildman–Crippen MR) is 281 cm³/mol. The van der Waals surface area contributed by atoms with Crippen molar-refractivity contribution in [3.63, 3.8) is 0 Å². The van der Waals surface area contributed by atoms with Gasteiger partial charge in [0.05, 0.1) is 44.8 Å². The van der Waals surface area contributed by atoms with Crippen molar-refractivity contribution in [2.24, 2.45) is 0 Å². The van der Waals surface area contributed by atoms with Crippen molar-refractivity contribution in [3.05, 3.63) is 249 Å². The highest BCUT2D eigenvalue weighted by atomic mass is 15.0. The van der Waals surface area contributed by atoms with Crippen LogP contribution >= 0.6 is 0 Å². The smallest absolute Gasteiger partial charge is 0.160 e. The molecule has 0 saturated carbocycles. The quantitative estimate of drug-likeness (QED) is 0.153. The van der Waals surface area contributed by atoms with Gasteiger partial charge in [-0.2, -0.15) is 0 Å². The minimum absolute atomic E-state index is 0.660. The molecule has 0 atom stereocenters. The molecule has 0 unspecified atom stereocenters. The first-order valence-corrected chi connectivity index (χ1v) is 23.0. The summed E-state index contributed by atoms with van der Waals surface area (Å²) >= 11 is 0. The largest absolute Gasteiger partial charge is 0.309 e. The third-order valence-corrected chi connectivity index (χ3v) is 13.3. The summed E-state index contributed by atoms with van der Waals surface area (Å²) in [5, 5.41) is 4.77. The van der Waals surface area contributed by atoms with E-state index in [2.05, 4.69) is 221 Å². The summed E-state index contributed by atoms with van der Waals surface area (Å²) in [6.45, 7) is 0. The third kappa shape index (κ3) is 6.68. The van der Waals surface area contributed by atoms with E-state index >= 15 is 0 Å². The number of aromatic nitrogens is 5. The number of fused-ring (bicyclic) bond motifs is 6. The summed E-state index contributed by atoms with van der Waals surface area (Å²) in [5.74, 6) is 0.660. The van der Waals surface area contributed by atoms with E-state index in [1.165, 1.54) is 43.8 Å². The second-order valence-corrected chi connectivity index (χ2v) is 17.2. The lowest BCUT2D eigenvalue weighted by molar-refractivity contribution is 1.14. The molecule has 5 heteroatoms. The molecule has 0 radical (unpaired) electrons. The minimum atomic E-state index is 0.660. The van der Waals surface area contributed by atoms with E-state index in [0.717, 1.165) is 72.6 Å². The Balaban J connectivity index is 1.11. The minimum Gasteiger partial charge on any atom is -0.309 e. The van der Waals surface area contributed by atoms with E-state index in [1.807, 2.05) is 36.7 Å². The maximum atomic E-state index is 5.48. The third-order valence-electron chi connectivity index (χ3n) is 13.3. The highest BCUT2D eigenvalue weighted by molar-refractivity contribution is 6.13. The summed E-state index contributed by atoms with van der Waals surface area (Å²) in [7, 11) is 0. The lowest BCUT2D eigenvalue weighted by Gasteiger charge is -2.18. The first kappa shape index (κ1) is 39.2. The highest BCUT2D eigenvalue weighted by Gasteiger charge is 2.22. The topological polar surface area (TPSA) is 48.5 Å². The first-order valence-electron chi connectivity index (χ1n) is 23.0. The Kier molecular flexibility index (Phi) is 9.43. The van der Waals surface area contributed by atoms with Crippen LogP contribution in [0.4, 0.5) is 0 Å². The number of benzene rings is 9. The van der Waals surface area contributed by atoms with Gasteiger partial charge < -0.3 is 9.13 Å². The Morgan fingerprint density at radius 3 is 1.31 bits per heavy atom. The standard InChI is InChI=1S/C63H41N5/c1-5-17-42(18-6-1)46-29-32-59-51(37-46)52-38-47(43-19-7-2-8-20-43)30-33-60(52)68(59)61-34-31-48(54-41-64-36-35-62(54)67-57-27-15-13-25-49(57)50-26-14-16-28-58(50)67)39-53(61)56-40-55(44-21-9-3-10-22-44)65-63(66-56)45-23-11-4-12-24-45/h1-41H. The molecule has 5 nitrogen and oxygen atoms in total. The number of nitrogens with zero attached hydrogens (tertiary/aromatic N) is 5. The van der Waals surface area contributed by atoms with Crippen LogP contribution in [0.5, 0.6) is 0 Å². The van der Waals surface area contributed by atoms with Crippen LogP contribution in [-0.2, 0) is 0 Å². The van der Waals surface area contributed by atoms with Crippen molar-refractivity contribution in [2.75, 3.05) is 0 Å². The molecule has 0 saturated heterocycles. The van der Waals surface area contributed by atoms with Crippen LogP contribution in [0.2, 0.25) is 0 Å². The van der Waals surface area contributed by atoms with Crippen molar-refractivity contribution in [1.29, 1.82) is 0 Å². The van der Waals surface area contributed by atoms with Gasteiger partial charge in [-0.05, 0) is 88.5 Å². The molecule has 0 amide bonds. The van der Waals surface area contributed by atoms with Crippen molar-refractivity contribution in [2.45, 2.75) is 0 Å². The molecule has 318 valence electrons. The summed E-state index contributed by atoms with van der Waals surface area (Å²) in [6.07, 6.45) is 3.89. The fourth-order valence-corrected chi connectivity index (χ4v) is 10.1. The molecule has 0 N–H and O–H groups in total. The molecule has 0 aliphatic rings. The molecule has 13 rings (SSSR count). The lowest BCUT2D eigenvalue weighted by atomic mass is 9.98. The summed E-state index contributed by atoms with van der Waals surface area (Å²) in [6, 6.07) is 84.2. The van der Waals surface area contributed by atoms with E-state index in [0.29, 0.717) is 5.82 Å². The van der Waals surface area contributed by atoms with Crippen molar-refractivity contribution in [3.8, 4) is 78.7 Å². The second-order valence-electron chi connectivity index (χ2n) is 17.2. The molecule has 0 aliphatic carbocycles. The average molecular weight is 868 g/mol. The van der Waals surface area contributed by atoms with Gasteiger partial charge in [0, 0.05) is 56.2 Å². The lowest BCUT2D eigenvalue weighted by Crippen LogP contribution is -2.02. The van der Waals surface area contributed by atoms with Crippen LogP contribution in [0.1, 0.15) is 0 Å². The number of hydrogen-bond acceptors (Lipinski definition) is 3. The molecule has 13 aromatic rings. The number of hydrogen-bond donors (Lipinski definition) is 0. The van der Waals surface area contributed by atoms with Gasteiger partial charge in [0.15, 0.2) is 5.82 Å². The van der Waals surface area contributed by atoms with Gasteiger partial charge in [-0.3, -0.25) is 4.98 Å². The Labute approximate surface area is 393 Å². The van der Waals surface area contributed by atoms with Crippen LogP contribution < -0.4 is 0 Å². The Hall–Kier alpha value is -9.19. The fourth-order valence-electron chi connectivity index (χ4n) is 10.1. The van der Waals surface area contributed by atoms with E-state index < -0.39 is 0 Å². The Bertz CT molecular complexity index is 3800. The van der Waals surface area contributed by atoms with Gasteiger partial charge in [-0.1, -0.05) is 176 Å². The molecule has 9 aromatic carbocycles. The first-order chi connectivity index (χ1) is 33.7. The zero-order valence-electron chi connectivity index (χ0n) is 36.9. The van der Waals surface area contributed by atoms with E-state index in [-0.39, 0.29) is 0 Å². The Morgan fingerprint density at radius 1 is 0.279 bits per heavy atom. The van der Waals surface area contributed by atoms with Crippen LogP contribution in [0.25, 0.3) is 122 Å². The fraction of sp³-hybridized carbons (Fsp3) is 0. The normalized spacial score (nSPS) is 11.5. The number of para-hydroxylation sites is 2. The SMILES string of the molecule is c1ccc(-c2ccc3c(c2)c2cc(-c4ccccc4)ccc2n3-c2ccc(-c3cnccc3-n3c4ccccc4c4ccccc43)cc2-c2cc(-c3ccccc3)nc(-c3ccccc3)n2)cc1. The van der Waals surface area contributed by atoms with Crippen molar-refractivity contribution in [1.82, 2.24) is 24.1 Å². The van der Waals surface area contributed by atoms with Gasteiger partial charge >= 0.3 is 0 Å². The van der Waals surface area contributed by atoms with Gasteiger partial charge in [-0.15, -0.1) is 0 Å². The number of rotatable bonds is 8. The average Bonchev–Trinajstić information content (AvgIpc) is 3.93. The molecule has 4 aromatic heterocycles. The second kappa shape index (κ2) is 16.4. The molecule has 68 heavy (non-hydrogen) atoms. The summed E-state index contributed by atoms with van der Waals surface area (Å²) in [5.41, 5.74) is 17.9. The van der Waals surface area contributed by atoms with E-state index in [9.17, 15) is 0 Å². The molecular weight excluding hydrogens is 827 g/mol. The van der Waals surface area contributed by atoms with E-state index in [4.69, 9.17) is 15.0 Å². The van der Waals surface area contributed by atoms with Crippen LogP contribution in [-0.4, -0.2) is 24.1 Å².